The van der Waals surface area contributed by atoms with Crippen LogP contribution in [-0.2, 0) is 109 Å². The van der Waals surface area contributed by atoms with Crippen LogP contribution >= 0.6 is 0 Å². The first-order valence-electron chi connectivity index (χ1n) is 41.6. The Bertz CT molecular complexity index is 3250. The molecule has 690 valence electrons. The van der Waals surface area contributed by atoms with Gasteiger partial charge in [0.2, 0.25) is 0 Å². The van der Waals surface area contributed by atoms with Crippen LogP contribution in [-0.4, -0.2) is 148 Å². The Morgan fingerprint density at radius 2 is 0.650 bits per heavy atom. The Labute approximate surface area is 721 Å². The lowest BCUT2D eigenvalue weighted by atomic mass is 9.82. The lowest BCUT2D eigenvalue weighted by molar-refractivity contribution is -0.159. The number of aliphatic carboxylic acids is 4. The van der Waals surface area contributed by atoms with Crippen LogP contribution in [0.4, 0.5) is 0 Å². The van der Waals surface area contributed by atoms with Gasteiger partial charge in [-0.05, 0) is 204 Å². The van der Waals surface area contributed by atoms with E-state index in [-0.39, 0.29) is 103 Å². The van der Waals surface area contributed by atoms with E-state index in [9.17, 15) is 62.6 Å². The van der Waals surface area contributed by atoms with Crippen molar-refractivity contribution in [1.82, 2.24) is 0 Å². The van der Waals surface area contributed by atoms with Crippen molar-refractivity contribution in [3.05, 3.63) is 120 Å². The van der Waals surface area contributed by atoms with Crippen LogP contribution < -0.4 is 0 Å². The van der Waals surface area contributed by atoms with Crippen molar-refractivity contribution in [3.8, 4) is 0 Å². The fraction of sp³-hybridized carbons (Fsp3) is 0.663. The summed E-state index contributed by atoms with van der Waals surface area (Å²) >= 11 is 0. The highest BCUT2D eigenvalue weighted by atomic mass is 16.6. The van der Waals surface area contributed by atoms with Crippen molar-refractivity contribution in [1.29, 1.82) is 0 Å². The van der Waals surface area contributed by atoms with Crippen molar-refractivity contribution in [3.63, 3.8) is 0 Å². The number of hydrogen-bond acceptors (Lipinski definition) is 21. The van der Waals surface area contributed by atoms with E-state index in [1.807, 2.05) is 178 Å². The maximum absolute atomic E-state index is 11.6. The number of rotatable bonds is 38. The first-order valence-corrected chi connectivity index (χ1v) is 41.6. The van der Waals surface area contributed by atoms with Gasteiger partial charge in [0.15, 0.2) is 0 Å². The normalized spacial score (nSPS) is 11.4. The van der Waals surface area contributed by atoms with Gasteiger partial charge in [0, 0.05) is 24.5 Å². The molecular formula is C95H160O25. The average Bonchev–Trinajstić information content (AvgIpc) is 0.724. The molecule has 1 unspecified atom stereocenters. The minimum absolute atomic E-state index is 0.0128. The van der Waals surface area contributed by atoms with Crippen LogP contribution in [0.2, 0.25) is 0 Å². The molecule has 0 spiro atoms. The summed E-state index contributed by atoms with van der Waals surface area (Å²) in [6, 6.07) is 30.1. The maximum Gasteiger partial charge on any atom is 0.330 e. The van der Waals surface area contributed by atoms with Gasteiger partial charge < -0.3 is 63.8 Å². The second-order valence-corrected chi connectivity index (χ2v) is 34.9. The number of carbonyl (C=O) groups is 12. The van der Waals surface area contributed by atoms with E-state index in [4.69, 9.17) is 49.2 Å². The third-order valence-electron chi connectivity index (χ3n) is 20.9. The summed E-state index contributed by atoms with van der Waals surface area (Å²) < 4.78 is 34.2. The van der Waals surface area contributed by atoms with E-state index in [1.54, 1.807) is 69.2 Å². The number of ketones is 1. The molecule has 0 saturated heterocycles. The number of Topliss-reactive ketones (excluding diaryl/α,β-unsaturated/α-hetero) is 1. The van der Waals surface area contributed by atoms with Crippen molar-refractivity contribution in [2.45, 2.75) is 322 Å². The van der Waals surface area contributed by atoms with E-state index in [1.165, 1.54) is 19.1 Å². The number of carboxylic acid groups (broad SMARTS) is 4. The Kier molecular flexibility index (Phi) is 66.4. The van der Waals surface area contributed by atoms with Crippen molar-refractivity contribution in [2.75, 3.05) is 40.1 Å². The van der Waals surface area contributed by atoms with Crippen molar-refractivity contribution >= 4 is 71.4 Å². The lowest BCUT2D eigenvalue weighted by Gasteiger charge is -2.22. The summed E-state index contributed by atoms with van der Waals surface area (Å²) in [5.74, 6) is -5.31. The molecule has 0 bridgehead atoms. The number of ether oxygens (including phenoxy) is 7. The SMILES string of the molecule is C=CC(=O)OCC(O)COC(=O)C(C)(C)CC.CCC(C)(C)C(=O)CCCO.CCC(C)(C)C(=O)O.CCC(C)(C)C(=O)O.CCC(C)(C)C(=O)O.CCC(C)(C)C(=O)OC.CCC(C)(C)C(=O)OCCOC(=O)CCC(=O)O.CCC(C)(C)C(=O)OCc1ccccc1.CCC(C)(C)C(=O)OCc1ccccc1.CCC(C)(C)c1ccccc1. The van der Waals surface area contributed by atoms with E-state index >= 15 is 0 Å². The summed E-state index contributed by atoms with van der Waals surface area (Å²) in [5, 5.41) is 51.6. The monoisotopic (exact) mass is 1700 g/mol. The highest BCUT2D eigenvalue weighted by Gasteiger charge is 2.32. The molecule has 6 N–H and O–H groups in total. The Hall–Kier alpha value is -8.84. The first kappa shape index (κ1) is 124. The number of aliphatic hydroxyl groups is 2. The zero-order valence-corrected chi connectivity index (χ0v) is 79.3. The van der Waals surface area contributed by atoms with Crippen molar-refractivity contribution < 1.29 is 121 Å². The summed E-state index contributed by atoms with van der Waals surface area (Å²) in [4.78, 5) is 131. The molecule has 3 aromatic carbocycles. The van der Waals surface area contributed by atoms with Crippen molar-refractivity contribution in [2.24, 2.45) is 48.7 Å². The van der Waals surface area contributed by atoms with Crippen LogP contribution in [0, 0.1) is 48.7 Å². The van der Waals surface area contributed by atoms with Gasteiger partial charge in [-0.2, -0.15) is 0 Å². The number of aliphatic hydroxyl groups excluding tert-OH is 2. The largest absolute Gasteiger partial charge is 0.481 e. The molecule has 0 radical (unpaired) electrons. The minimum atomic E-state index is -1.05. The third-order valence-corrected chi connectivity index (χ3v) is 20.9. The molecule has 120 heavy (non-hydrogen) atoms. The molecule has 0 aromatic heterocycles. The Morgan fingerprint density at radius 3 is 0.917 bits per heavy atom. The molecular weight excluding hydrogens is 1540 g/mol. The fourth-order valence-electron chi connectivity index (χ4n) is 6.58. The Morgan fingerprint density at radius 1 is 0.358 bits per heavy atom. The summed E-state index contributed by atoms with van der Waals surface area (Å²) in [7, 11) is 1.42. The molecule has 3 aromatic rings. The van der Waals surface area contributed by atoms with E-state index in [2.05, 4.69) is 67.2 Å². The number of hydrogen-bond donors (Lipinski definition) is 6. The Balaban J connectivity index is -0.000000240. The third kappa shape index (κ3) is 60.6. The molecule has 3 rings (SSSR count). The number of carbonyl (C=O) groups excluding carboxylic acids is 8. The van der Waals surface area contributed by atoms with Gasteiger partial charge in [0.1, 0.15) is 51.5 Å². The molecule has 25 nitrogen and oxygen atoms in total. The topological polar surface area (TPSA) is 391 Å². The fourth-order valence-corrected chi connectivity index (χ4v) is 6.58. The van der Waals surface area contributed by atoms with Gasteiger partial charge in [-0.3, -0.25) is 52.7 Å². The van der Waals surface area contributed by atoms with E-state index in [0.29, 0.717) is 63.6 Å². The second-order valence-electron chi connectivity index (χ2n) is 34.9. The number of esters is 7. The molecule has 0 amide bonds. The number of carboxylic acids is 4. The molecule has 0 aliphatic carbocycles. The predicted molar refractivity (Wildman–Crippen MR) is 472 cm³/mol. The number of benzene rings is 3. The smallest absolute Gasteiger partial charge is 0.330 e. The van der Waals surface area contributed by atoms with Crippen LogP contribution in [0.3, 0.4) is 0 Å². The summed E-state index contributed by atoms with van der Waals surface area (Å²) in [6.45, 7) is 60.3. The van der Waals surface area contributed by atoms with E-state index in [0.717, 1.165) is 42.9 Å². The molecule has 0 heterocycles. The molecule has 0 fully saturated rings. The summed E-state index contributed by atoms with van der Waals surface area (Å²) in [5.41, 5.74) is -0.197. The first-order chi connectivity index (χ1) is 55.0. The van der Waals surface area contributed by atoms with Crippen LogP contribution in [0.1, 0.15) is 314 Å². The van der Waals surface area contributed by atoms with Gasteiger partial charge >= 0.3 is 65.7 Å². The van der Waals surface area contributed by atoms with Crippen LogP contribution in [0.25, 0.3) is 0 Å². The van der Waals surface area contributed by atoms with Gasteiger partial charge in [0.25, 0.3) is 0 Å². The average molecular weight is 1700 g/mol. The van der Waals surface area contributed by atoms with Gasteiger partial charge in [-0.1, -0.05) is 195 Å². The zero-order valence-electron chi connectivity index (χ0n) is 79.3. The minimum Gasteiger partial charge on any atom is -0.481 e. The van der Waals surface area contributed by atoms with Crippen LogP contribution in [0.5, 0.6) is 0 Å². The second kappa shape index (κ2) is 64.0. The van der Waals surface area contributed by atoms with Crippen LogP contribution in [0.15, 0.2) is 104 Å². The van der Waals surface area contributed by atoms with E-state index < -0.39 is 69.0 Å². The standard InChI is InChI=1S/2C13H18O2.C12H20O6.C12H20O5.C11H16.C9H18O2.C7H14O2.3C6H12O2/c2*1-4-13(2,3)12(14)15-10-11-8-6-5-7-9-11;1-4-12(2,3)11(16)18-8-7-17-10(15)6-5-9(13)14;1-5-10(14)16-7-9(13)8-17-11(15)12(3,4)6-2;1-4-11(2,3)10-8-6-5-7-9-10;1-4-9(2,3)8(11)6-5-7-10;1-5-7(2,3)6(8)9-4;3*1-4-6(2,3)5(7)8/h2*5-9H,4,10H2,1-3H3;4-8H2,1-3H3,(H,13,14);5,9,13H,1,6-8H2,2-4H3;5-9H,4H2,1-3H3;10H,4-7H2,1-3H3;5H2,1-4H3;3*4H2,1-3H3,(H,7,8). The quantitative estimate of drug-likeness (QED) is 0.0134. The number of methoxy groups -OCH3 is 1. The lowest BCUT2D eigenvalue weighted by Crippen LogP contribution is -2.31. The molecule has 0 aliphatic rings. The highest BCUT2D eigenvalue weighted by molar-refractivity contribution is 5.84. The highest BCUT2D eigenvalue weighted by Crippen LogP contribution is 2.29. The molecule has 1 atom stereocenters. The maximum atomic E-state index is 11.6. The van der Waals surface area contributed by atoms with Gasteiger partial charge in [-0.25, -0.2) is 4.79 Å². The predicted octanol–water partition coefficient (Wildman–Crippen LogP) is 20.0. The summed E-state index contributed by atoms with van der Waals surface area (Å²) in [6.07, 6.45) is 8.47. The van der Waals surface area contributed by atoms with Gasteiger partial charge in [-0.15, -0.1) is 0 Å². The zero-order chi connectivity index (χ0) is 95.4. The molecule has 25 heteroatoms. The molecule has 0 saturated carbocycles. The molecule has 0 aliphatic heterocycles. The van der Waals surface area contributed by atoms with Gasteiger partial charge in [0.05, 0.1) is 63.3 Å².